The van der Waals surface area contributed by atoms with Crippen molar-refractivity contribution in [2.75, 3.05) is 0 Å². The van der Waals surface area contributed by atoms with E-state index in [2.05, 4.69) is 20.4 Å². The maximum Gasteiger partial charge on any atom is 0.316 e. The Labute approximate surface area is 143 Å². The van der Waals surface area contributed by atoms with Gasteiger partial charge in [0, 0.05) is 22.7 Å². The summed E-state index contributed by atoms with van der Waals surface area (Å²) in [4.78, 5) is 19.7. The normalized spacial score (nSPS) is 12.2. The fourth-order valence-corrected chi connectivity index (χ4v) is 2.71. The minimum Gasteiger partial charge on any atom is -0.361 e. The molecule has 0 bridgehead atoms. The summed E-state index contributed by atoms with van der Waals surface area (Å²) in [5, 5.41) is 7.83. The number of aromatic amines is 1. The summed E-state index contributed by atoms with van der Waals surface area (Å²) < 4.78 is 5.13. The van der Waals surface area contributed by atoms with Crippen LogP contribution in [-0.2, 0) is 0 Å². The lowest BCUT2D eigenvalue weighted by Gasteiger charge is -2.12. The fraction of sp³-hybridized carbons (Fsp3) is 0.105. The van der Waals surface area contributed by atoms with Crippen molar-refractivity contribution in [3.8, 4) is 11.4 Å². The van der Waals surface area contributed by atoms with E-state index >= 15 is 0 Å². The van der Waals surface area contributed by atoms with Gasteiger partial charge in [-0.2, -0.15) is 4.98 Å². The van der Waals surface area contributed by atoms with Crippen LogP contribution in [0, 0.1) is 0 Å². The Bertz CT molecular complexity index is 1020. The van der Waals surface area contributed by atoms with Crippen LogP contribution in [0.4, 0.5) is 0 Å². The maximum atomic E-state index is 12.3. The molecule has 6 nitrogen and oxygen atoms in total. The molecule has 4 rings (SSSR count). The van der Waals surface area contributed by atoms with Crippen molar-refractivity contribution in [1.82, 2.24) is 20.4 Å². The van der Waals surface area contributed by atoms with Crippen LogP contribution >= 0.6 is 0 Å². The van der Waals surface area contributed by atoms with E-state index in [9.17, 15) is 4.79 Å². The van der Waals surface area contributed by atoms with Crippen molar-refractivity contribution in [3.05, 3.63) is 72.2 Å². The van der Waals surface area contributed by atoms with Crippen molar-refractivity contribution < 1.29 is 9.32 Å². The molecule has 0 fully saturated rings. The average Bonchev–Trinajstić information content (AvgIpc) is 3.31. The molecule has 0 spiro atoms. The smallest absolute Gasteiger partial charge is 0.316 e. The largest absolute Gasteiger partial charge is 0.361 e. The van der Waals surface area contributed by atoms with Gasteiger partial charge in [-0.05, 0) is 36.8 Å². The van der Waals surface area contributed by atoms with Crippen LogP contribution in [0.15, 0.2) is 65.3 Å². The summed E-state index contributed by atoms with van der Waals surface area (Å²) in [6.45, 7) is 1.91. The van der Waals surface area contributed by atoms with Crippen LogP contribution in [0.5, 0.6) is 0 Å². The SMILES string of the molecule is CC(NC(=O)c1nc(-c2ccc3[nH]ccc3c2)no1)c1ccccc1. The Morgan fingerprint density at radius 3 is 2.84 bits per heavy atom. The molecule has 1 amide bonds. The number of nitrogens with zero attached hydrogens (tertiary/aromatic N) is 2. The van der Waals surface area contributed by atoms with Gasteiger partial charge >= 0.3 is 11.8 Å². The Morgan fingerprint density at radius 1 is 1.16 bits per heavy atom. The van der Waals surface area contributed by atoms with Gasteiger partial charge in [0.2, 0.25) is 5.82 Å². The Kier molecular flexibility index (Phi) is 3.78. The standard InChI is InChI=1S/C19H16N4O2/c1-12(13-5-3-2-4-6-13)21-18(24)19-22-17(23-25-19)15-7-8-16-14(11-15)9-10-20-16/h2-12,20H,1H3,(H,21,24). The van der Waals surface area contributed by atoms with Crippen molar-refractivity contribution in [1.29, 1.82) is 0 Å². The van der Waals surface area contributed by atoms with E-state index in [1.165, 1.54) is 0 Å². The first-order chi connectivity index (χ1) is 12.2. The van der Waals surface area contributed by atoms with Gasteiger partial charge in [-0.3, -0.25) is 4.79 Å². The Morgan fingerprint density at radius 2 is 2.00 bits per heavy atom. The number of benzene rings is 2. The van der Waals surface area contributed by atoms with Crippen LogP contribution < -0.4 is 5.32 Å². The lowest BCUT2D eigenvalue weighted by atomic mass is 10.1. The molecule has 0 aliphatic carbocycles. The lowest BCUT2D eigenvalue weighted by Crippen LogP contribution is -2.26. The zero-order chi connectivity index (χ0) is 17.2. The number of amides is 1. The van der Waals surface area contributed by atoms with Gasteiger partial charge in [0.25, 0.3) is 0 Å². The minimum absolute atomic E-state index is 0.0491. The second kappa shape index (κ2) is 6.24. The van der Waals surface area contributed by atoms with Gasteiger partial charge in [-0.1, -0.05) is 35.5 Å². The number of hydrogen-bond acceptors (Lipinski definition) is 4. The van der Waals surface area contributed by atoms with Gasteiger partial charge < -0.3 is 14.8 Å². The number of H-pyrrole nitrogens is 1. The molecule has 0 saturated carbocycles. The van der Waals surface area contributed by atoms with Crippen LogP contribution in [0.2, 0.25) is 0 Å². The first kappa shape index (κ1) is 15.1. The monoisotopic (exact) mass is 332 g/mol. The highest BCUT2D eigenvalue weighted by atomic mass is 16.5. The number of hydrogen-bond donors (Lipinski definition) is 2. The summed E-state index contributed by atoms with van der Waals surface area (Å²) in [5.74, 6) is -0.0506. The second-order valence-corrected chi connectivity index (χ2v) is 5.81. The van der Waals surface area contributed by atoms with Gasteiger partial charge in [-0.25, -0.2) is 0 Å². The number of carbonyl (C=O) groups excluding carboxylic acids is 1. The van der Waals surface area contributed by atoms with E-state index < -0.39 is 5.91 Å². The molecule has 0 saturated heterocycles. The highest BCUT2D eigenvalue weighted by Gasteiger charge is 2.18. The number of rotatable bonds is 4. The first-order valence-corrected chi connectivity index (χ1v) is 7.98. The molecular formula is C19H16N4O2. The molecule has 2 aromatic heterocycles. The molecule has 25 heavy (non-hydrogen) atoms. The van der Waals surface area contributed by atoms with E-state index in [1.54, 1.807) is 0 Å². The Hall–Kier alpha value is -3.41. The third-order valence-electron chi connectivity index (χ3n) is 4.08. The summed E-state index contributed by atoms with van der Waals surface area (Å²) in [5.41, 5.74) is 2.83. The molecule has 1 atom stereocenters. The minimum atomic E-state index is -0.391. The number of fused-ring (bicyclic) bond motifs is 1. The summed E-state index contributed by atoms with van der Waals surface area (Å²) in [6, 6.07) is 17.3. The quantitative estimate of drug-likeness (QED) is 0.597. The van der Waals surface area contributed by atoms with Crippen molar-refractivity contribution in [2.24, 2.45) is 0 Å². The zero-order valence-electron chi connectivity index (χ0n) is 13.6. The molecule has 6 heteroatoms. The summed E-state index contributed by atoms with van der Waals surface area (Å²) in [6.07, 6.45) is 1.87. The van der Waals surface area contributed by atoms with Crippen LogP contribution in [0.1, 0.15) is 29.2 Å². The molecule has 2 heterocycles. The second-order valence-electron chi connectivity index (χ2n) is 5.81. The van der Waals surface area contributed by atoms with Gasteiger partial charge in [0.1, 0.15) is 0 Å². The molecular weight excluding hydrogens is 316 g/mol. The molecule has 4 aromatic rings. The topological polar surface area (TPSA) is 83.8 Å². The highest BCUT2D eigenvalue weighted by Crippen LogP contribution is 2.22. The highest BCUT2D eigenvalue weighted by molar-refractivity contribution is 5.90. The lowest BCUT2D eigenvalue weighted by molar-refractivity contribution is 0.0895. The average molecular weight is 332 g/mol. The van der Waals surface area contributed by atoms with Gasteiger partial charge in [0.05, 0.1) is 6.04 Å². The molecule has 0 radical (unpaired) electrons. The summed E-state index contributed by atoms with van der Waals surface area (Å²) in [7, 11) is 0. The predicted molar refractivity (Wildman–Crippen MR) is 93.9 cm³/mol. The van der Waals surface area contributed by atoms with E-state index in [0.717, 1.165) is 22.0 Å². The molecule has 124 valence electrons. The molecule has 2 aromatic carbocycles. The summed E-state index contributed by atoms with van der Waals surface area (Å²) >= 11 is 0. The van der Waals surface area contributed by atoms with Crippen LogP contribution in [0.25, 0.3) is 22.3 Å². The molecule has 2 N–H and O–H groups in total. The van der Waals surface area contributed by atoms with E-state index in [1.807, 2.05) is 67.7 Å². The zero-order valence-corrected chi connectivity index (χ0v) is 13.6. The fourth-order valence-electron chi connectivity index (χ4n) is 2.71. The van der Waals surface area contributed by atoms with Crippen molar-refractivity contribution >= 4 is 16.8 Å². The maximum absolute atomic E-state index is 12.3. The Balaban J connectivity index is 1.53. The molecule has 0 aliphatic rings. The molecule has 1 unspecified atom stereocenters. The van der Waals surface area contributed by atoms with Crippen molar-refractivity contribution in [2.45, 2.75) is 13.0 Å². The predicted octanol–water partition coefficient (Wildman–Crippen LogP) is 3.71. The van der Waals surface area contributed by atoms with E-state index in [0.29, 0.717) is 5.82 Å². The first-order valence-electron chi connectivity index (χ1n) is 7.98. The number of carbonyl (C=O) groups is 1. The van der Waals surface area contributed by atoms with Gasteiger partial charge in [0.15, 0.2) is 0 Å². The third kappa shape index (κ3) is 3.01. The van der Waals surface area contributed by atoms with Crippen molar-refractivity contribution in [3.63, 3.8) is 0 Å². The van der Waals surface area contributed by atoms with Gasteiger partial charge in [-0.15, -0.1) is 0 Å². The number of aromatic nitrogens is 3. The van der Waals surface area contributed by atoms with E-state index in [4.69, 9.17) is 4.52 Å². The van der Waals surface area contributed by atoms with Crippen LogP contribution in [-0.4, -0.2) is 21.0 Å². The molecule has 0 aliphatic heterocycles. The van der Waals surface area contributed by atoms with E-state index in [-0.39, 0.29) is 11.9 Å². The van der Waals surface area contributed by atoms with Crippen LogP contribution in [0.3, 0.4) is 0 Å². The number of nitrogens with one attached hydrogen (secondary N) is 2. The third-order valence-corrected chi connectivity index (χ3v) is 4.08.